The zero-order valence-electron chi connectivity index (χ0n) is 29.5. The molecule has 1 atom stereocenters. The molecule has 0 aromatic heterocycles. The van der Waals surface area contributed by atoms with Crippen molar-refractivity contribution in [2.75, 3.05) is 5.32 Å². The Labute approximate surface area is 302 Å². The van der Waals surface area contributed by atoms with Gasteiger partial charge in [-0.1, -0.05) is 19.9 Å². The summed E-state index contributed by atoms with van der Waals surface area (Å²) >= 11 is 0. The lowest BCUT2D eigenvalue weighted by Crippen LogP contribution is -2.51. The molecule has 280 valence electrons. The molecule has 6 aliphatic rings. The van der Waals surface area contributed by atoms with Crippen molar-refractivity contribution in [1.82, 2.24) is 0 Å². The highest BCUT2D eigenvalue weighted by molar-refractivity contribution is 7.85. The van der Waals surface area contributed by atoms with Gasteiger partial charge in [-0.2, -0.15) is 0 Å². The number of benzene rings is 3. The lowest BCUT2D eigenvalue weighted by molar-refractivity contribution is -0.276. The van der Waals surface area contributed by atoms with Gasteiger partial charge in [-0.25, -0.2) is 8.42 Å². The third-order valence-corrected chi connectivity index (χ3v) is 13.2. The van der Waals surface area contributed by atoms with Gasteiger partial charge in [0.1, 0.15) is 10.1 Å². The van der Waals surface area contributed by atoms with E-state index in [0.29, 0.717) is 76.2 Å². The summed E-state index contributed by atoms with van der Waals surface area (Å²) in [5.41, 5.74) is 3.30. The van der Waals surface area contributed by atoms with Crippen molar-refractivity contribution < 1.29 is 45.1 Å². The average Bonchev–Trinajstić information content (AvgIpc) is 3.07. The Bertz CT molecular complexity index is 1950. The highest BCUT2D eigenvalue weighted by Gasteiger charge is 2.50. The van der Waals surface area contributed by atoms with Crippen LogP contribution in [0.3, 0.4) is 0 Å². The normalized spacial score (nSPS) is 25.9. The first kappa shape index (κ1) is 35.7. The first-order valence-corrected chi connectivity index (χ1v) is 20.2. The number of carbonyl (C=O) groups excluding carboxylic acids is 1. The van der Waals surface area contributed by atoms with Crippen LogP contribution in [0.5, 0.6) is 11.5 Å². The highest BCUT2D eigenvalue weighted by atomic mass is 32.2. The number of hydrogen-bond donors (Lipinski definition) is 1. The molecule has 8 nitrogen and oxygen atoms in total. The van der Waals surface area contributed by atoms with Crippen molar-refractivity contribution in [3.63, 3.8) is 0 Å². The molecule has 0 saturated heterocycles. The van der Waals surface area contributed by atoms with Crippen molar-refractivity contribution in [2.45, 2.75) is 121 Å². The molecule has 0 aliphatic heterocycles. The van der Waals surface area contributed by atoms with Crippen LogP contribution in [0.1, 0.15) is 104 Å². The van der Waals surface area contributed by atoms with E-state index < -0.39 is 34.4 Å². The molecule has 4 fully saturated rings. The van der Waals surface area contributed by atoms with Crippen LogP contribution in [0.4, 0.5) is 18.9 Å². The SMILES string of the molecule is CC(C)C(Oc1cc2cc(C(=O)Nc3c4c(c(S(=O)(=O)[O-])c5c3CCCC5)CCCC4)ccc2cc1OC(F)(F)F)OC1C2CC3CC(C2)CC1C3. The average molecular weight is 741 g/mol. The predicted octanol–water partition coefficient (Wildman–Crippen LogP) is 8.85. The van der Waals surface area contributed by atoms with Gasteiger partial charge in [-0.15, -0.1) is 13.2 Å². The second-order valence-electron chi connectivity index (χ2n) is 16.1. The topological polar surface area (TPSA) is 114 Å². The molecule has 6 aliphatic carbocycles. The Morgan fingerprint density at radius 2 is 1.37 bits per heavy atom. The van der Waals surface area contributed by atoms with Crippen molar-refractivity contribution in [3.8, 4) is 11.5 Å². The van der Waals surface area contributed by atoms with E-state index in [1.54, 1.807) is 12.1 Å². The zero-order valence-corrected chi connectivity index (χ0v) is 30.3. The first-order chi connectivity index (χ1) is 24.7. The van der Waals surface area contributed by atoms with Crippen LogP contribution >= 0.6 is 0 Å². The maximum absolute atomic E-state index is 13.9. The maximum atomic E-state index is 13.9. The van der Waals surface area contributed by atoms with Crippen molar-refractivity contribution in [3.05, 3.63) is 58.1 Å². The van der Waals surface area contributed by atoms with Gasteiger partial charge in [-0.05, 0) is 164 Å². The number of anilines is 1. The van der Waals surface area contributed by atoms with Gasteiger partial charge in [0.25, 0.3) is 5.91 Å². The van der Waals surface area contributed by atoms with Crippen LogP contribution in [0, 0.1) is 29.6 Å². The van der Waals surface area contributed by atoms with E-state index in [1.165, 1.54) is 24.6 Å². The molecule has 1 N–H and O–H groups in total. The summed E-state index contributed by atoms with van der Waals surface area (Å²) in [5, 5.41) is 3.97. The molecule has 3 aromatic rings. The fourth-order valence-corrected chi connectivity index (χ4v) is 11.3. The molecule has 52 heavy (non-hydrogen) atoms. The summed E-state index contributed by atoms with van der Waals surface area (Å²) in [5.74, 6) is 1.13. The molecule has 1 unspecified atom stereocenters. The standard InChI is InChI=1S/C40H46F3NO7S/c1-21(2)39(50-36-27-14-22-13-23(16-27)17-28(36)15-22)49-33-20-26-18-25(12-11-24(26)19-34(33)51-40(41,42)43)38(45)44-35-29-7-3-5-9-31(29)37(52(46,47)48)32-10-6-4-8-30(32)35/h11-12,18-23,27-28,36,39H,3-10,13-17H2,1-2H3,(H,44,45)(H,46,47,48)/p-1. The molecule has 0 radical (unpaired) electrons. The molecular weight excluding hydrogens is 696 g/mol. The quantitative estimate of drug-likeness (QED) is 0.172. The Morgan fingerprint density at radius 1 is 0.808 bits per heavy atom. The third kappa shape index (κ3) is 6.91. The lowest BCUT2D eigenvalue weighted by Gasteiger charge is -2.54. The van der Waals surface area contributed by atoms with Crippen LogP contribution in [0.2, 0.25) is 0 Å². The molecule has 0 spiro atoms. The second-order valence-corrected chi connectivity index (χ2v) is 17.4. The molecular formula is C40H45F3NO7S-. The van der Waals surface area contributed by atoms with Crippen LogP contribution in [-0.4, -0.2) is 37.6 Å². The Morgan fingerprint density at radius 3 is 1.90 bits per heavy atom. The third-order valence-electron chi connectivity index (χ3n) is 12.2. The van der Waals surface area contributed by atoms with Crippen molar-refractivity contribution in [2.24, 2.45) is 29.6 Å². The van der Waals surface area contributed by atoms with E-state index in [2.05, 4.69) is 10.1 Å². The fraction of sp³-hybridized carbons (Fsp3) is 0.575. The number of hydrogen-bond acceptors (Lipinski definition) is 7. The number of alkyl halides is 3. The summed E-state index contributed by atoms with van der Waals surface area (Å²) in [6, 6.07) is 7.46. The van der Waals surface area contributed by atoms with Crippen LogP contribution in [0.15, 0.2) is 35.2 Å². The Kier molecular flexibility index (Phi) is 9.26. The predicted molar refractivity (Wildman–Crippen MR) is 187 cm³/mol. The van der Waals surface area contributed by atoms with Gasteiger partial charge in [0.05, 0.1) is 11.0 Å². The number of ether oxygens (including phenoxy) is 3. The minimum atomic E-state index is -4.96. The number of rotatable bonds is 9. The van der Waals surface area contributed by atoms with Crippen LogP contribution in [-0.2, 0) is 40.5 Å². The summed E-state index contributed by atoms with van der Waals surface area (Å²) in [6.07, 6.45) is 5.14. The van der Waals surface area contributed by atoms with Crippen molar-refractivity contribution in [1.29, 1.82) is 0 Å². The van der Waals surface area contributed by atoms with E-state index in [-0.39, 0.29) is 28.2 Å². The number of fused-ring (bicyclic) bond motifs is 3. The minimum Gasteiger partial charge on any atom is -0.744 e. The molecule has 9 rings (SSSR count). The van der Waals surface area contributed by atoms with Crippen LogP contribution in [0.25, 0.3) is 10.8 Å². The second kappa shape index (κ2) is 13.5. The van der Waals surface area contributed by atoms with E-state index in [9.17, 15) is 30.9 Å². The highest BCUT2D eigenvalue weighted by Crippen LogP contribution is 2.55. The monoisotopic (exact) mass is 740 g/mol. The van der Waals surface area contributed by atoms with Gasteiger partial charge < -0.3 is 24.1 Å². The number of amides is 1. The summed E-state index contributed by atoms with van der Waals surface area (Å²) in [6.45, 7) is 3.84. The van der Waals surface area contributed by atoms with Gasteiger partial charge >= 0.3 is 6.36 Å². The molecule has 0 heterocycles. The lowest BCUT2D eigenvalue weighted by atomic mass is 9.55. The maximum Gasteiger partial charge on any atom is 0.573 e. The largest absolute Gasteiger partial charge is 0.744 e. The van der Waals surface area contributed by atoms with Gasteiger partial charge in [0.2, 0.25) is 6.29 Å². The summed E-state index contributed by atoms with van der Waals surface area (Å²) in [7, 11) is -4.72. The molecule has 4 bridgehead atoms. The molecule has 1 amide bonds. The van der Waals surface area contributed by atoms with Gasteiger partial charge in [0, 0.05) is 17.2 Å². The minimum absolute atomic E-state index is 0.00208. The van der Waals surface area contributed by atoms with E-state index in [4.69, 9.17) is 9.47 Å². The Hall–Kier alpha value is -3.35. The smallest absolute Gasteiger partial charge is 0.573 e. The Balaban J connectivity index is 1.12. The molecule has 3 aromatic carbocycles. The van der Waals surface area contributed by atoms with Gasteiger partial charge in [0.15, 0.2) is 11.5 Å². The summed E-state index contributed by atoms with van der Waals surface area (Å²) < 4.78 is 96.0. The van der Waals surface area contributed by atoms with Crippen molar-refractivity contribution >= 4 is 32.5 Å². The van der Waals surface area contributed by atoms with Crippen LogP contribution < -0.4 is 14.8 Å². The fourth-order valence-electron chi connectivity index (χ4n) is 10.3. The molecule has 12 heteroatoms. The van der Waals surface area contributed by atoms with Gasteiger partial charge in [-0.3, -0.25) is 4.79 Å². The van der Waals surface area contributed by atoms with E-state index in [1.807, 2.05) is 13.8 Å². The number of carbonyl (C=O) groups is 1. The summed E-state index contributed by atoms with van der Waals surface area (Å²) in [4.78, 5) is 13.8. The van der Waals surface area contributed by atoms with E-state index >= 15 is 0 Å². The molecule has 4 saturated carbocycles. The van der Waals surface area contributed by atoms with E-state index in [0.717, 1.165) is 63.2 Å². The first-order valence-electron chi connectivity index (χ1n) is 18.8. The number of halogens is 3. The number of nitrogens with one attached hydrogen (secondary N) is 1. The zero-order chi connectivity index (χ0) is 36.5.